The third-order valence-electron chi connectivity index (χ3n) is 2.55. The van der Waals surface area contributed by atoms with Gasteiger partial charge in [-0.3, -0.25) is 5.43 Å². The quantitative estimate of drug-likeness (QED) is 0.359. The molecule has 0 bridgehead atoms. The number of carbonyl (C=O) groups excluding carboxylic acids is 1. The van der Waals surface area contributed by atoms with Crippen LogP contribution in [-0.4, -0.2) is 18.5 Å². The molecule has 4 nitrogen and oxygen atoms in total. The Kier molecular flexibility index (Phi) is 3.62. The van der Waals surface area contributed by atoms with Gasteiger partial charge in [0.25, 0.3) is 5.92 Å². The van der Waals surface area contributed by atoms with Crippen LogP contribution in [0.1, 0.15) is 25.7 Å². The summed E-state index contributed by atoms with van der Waals surface area (Å²) in [6.07, 6.45) is 1.74. The van der Waals surface area contributed by atoms with E-state index >= 15 is 0 Å². The van der Waals surface area contributed by atoms with Crippen molar-refractivity contribution < 1.29 is 13.6 Å². The second kappa shape index (κ2) is 4.54. The zero-order chi connectivity index (χ0) is 10.6. The molecular weight excluding hydrogens is 192 g/mol. The standard InChI is InChI=1S/C8H15F2N3O/c9-8(10)4-2-1-3-6(8)5-12-7(14)13-11/h6H,1-5,11H2,(H2,12,13,14). The molecule has 1 saturated carbocycles. The first-order chi connectivity index (χ1) is 6.56. The minimum absolute atomic E-state index is 0.0178. The lowest BCUT2D eigenvalue weighted by molar-refractivity contribution is -0.0833. The van der Waals surface area contributed by atoms with E-state index < -0.39 is 17.9 Å². The molecule has 14 heavy (non-hydrogen) atoms. The average Bonchev–Trinajstić information content (AvgIpc) is 2.15. The van der Waals surface area contributed by atoms with E-state index in [4.69, 9.17) is 5.84 Å². The molecule has 0 aromatic heterocycles. The summed E-state index contributed by atoms with van der Waals surface area (Å²) in [4.78, 5) is 10.7. The van der Waals surface area contributed by atoms with Crippen molar-refractivity contribution in [3.05, 3.63) is 0 Å². The summed E-state index contributed by atoms with van der Waals surface area (Å²) in [7, 11) is 0. The number of carbonyl (C=O) groups is 1. The molecule has 0 radical (unpaired) electrons. The predicted molar refractivity (Wildman–Crippen MR) is 47.6 cm³/mol. The van der Waals surface area contributed by atoms with E-state index in [2.05, 4.69) is 5.32 Å². The van der Waals surface area contributed by atoms with Crippen molar-refractivity contribution in [2.24, 2.45) is 11.8 Å². The first-order valence-corrected chi connectivity index (χ1v) is 4.68. The molecule has 4 N–H and O–H groups in total. The summed E-state index contributed by atoms with van der Waals surface area (Å²) in [6.45, 7) is -0.0178. The Balaban J connectivity index is 2.38. The fourth-order valence-corrected chi connectivity index (χ4v) is 1.69. The normalized spacial score (nSPS) is 25.5. The van der Waals surface area contributed by atoms with E-state index in [0.29, 0.717) is 12.8 Å². The van der Waals surface area contributed by atoms with Gasteiger partial charge >= 0.3 is 6.03 Å². The smallest absolute Gasteiger partial charge is 0.328 e. The molecule has 0 aromatic carbocycles. The van der Waals surface area contributed by atoms with Crippen molar-refractivity contribution in [3.63, 3.8) is 0 Å². The summed E-state index contributed by atoms with van der Waals surface area (Å²) >= 11 is 0. The van der Waals surface area contributed by atoms with E-state index in [1.165, 1.54) is 0 Å². The van der Waals surface area contributed by atoms with Crippen LogP contribution >= 0.6 is 0 Å². The number of urea groups is 1. The van der Waals surface area contributed by atoms with Gasteiger partial charge in [-0.25, -0.2) is 19.4 Å². The molecule has 0 heterocycles. The van der Waals surface area contributed by atoms with Gasteiger partial charge < -0.3 is 5.32 Å². The number of hydrogen-bond acceptors (Lipinski definition) is 2. The number of halogens is 2. The van der Waals surface area contributed by atoms with Crippen molar-refractivity contribution in [1.82, 2.24) is 10.7 Å². The van der Waals surface area contributed by atoms with Crippen LogP contribution in [0.4, 0.5) is 13.6 Å². The Morgan fingerprint density at radius 2 is 2.21 bits per heavy atom. The van der Waals surface area contributed by atoms with Gasteiger partial charge in [0.15, 0.2) is 0 Å². The minimum atomic E-state index is -2.65. The molecule has 0 saturated heterocycles. The monoisotopic (exact) mass is 207 g/mol. The summed E-state index contributed by atoms with van der Waals surface area (Å²) < 4.78 is 26.4. The number of hydrazine groups is 1. The molecular formula is C8H15F2N3O. The van der Waals surface area contributed by atoms with Gasteiger partial charge in [-0.2, -0.15) is 0 Å². The van der Waals surface area contributed by atoms with Gasteiger partial charge in [0.2, 0.25) is 0 Å². The molecule has 1 atom stereocenters. The number of alkyl halides is 2. The van der Waals surface area contributed by atoms with Crippen LogP contribution in [0.3, 0.4) is 0 Å². The van der Waals surface area contributed by atoms with Crippen molar-refractivity contribution in [2.45, 2.75) is 31.6 Å². The van der Waals surface area contributed by atoms with Crippen LogP contribution in [-0.2, 0) is 0 Å². The van der Waals surface area contributed by atoms with Crippen LogP contribution in [0.5, 0.6) is 0 Å². The Labute approximate surface area is 81.2 Å². The molecule has 6 heteroatoms. The topological polar surface area (TPSA) is 67.1 Å². The zero-order valence-electron chi connectivity index (χ0n) is 7.85. The fourth-order valence-electron chi connectivity index (χ4n) is 1.69. The SMILES string of the molecule is NNC(=O)NCC1CCCCC1(F)F. The zero-order valence-corrected chi connectivity index (χ0v) is 7.85. The summed E-state index contributed by atoms with van der Waals surface area (Å²) in [5.41, 5.74) is 1.84. The molecule has 1 rings (SSSR count). The lowest BCUT2D eigenvalue weighted by Crippen LogP contribution is -2.46. The Hall–Kier alpha value is -0.910. The second-order valence-electron chi connectivity index (χ2n) is 3.56. The molecule has 1 fully saturated rings. The van der Waals surface area contributed by atoms with Gasteiger partial charge in [-0.05, 0) is 12.8 Å². The molecule has 0 aliphatic heterocycles. The van der Waals surface area contributed by atoms with Crippen molar-refractivity contribution in [3.8, 4) is 0 Å². The summed E-state index contributed by atoms with van der Waals surface area (Å²) in [6, 6.07) is -0.619. The highest BCUT2D eigenvalue weighted by Crippen LogP contribution is 2.37. The van der Waals surface area contributed by atoms with E-state index in [1.807, 2.05) is 5.43 Å². The lowest BCUT2D eigenvalue weighted by atomic mass is 9.85. The molecule has 0 spiro atoms. The van der Waals surface area contributed by atoms with Crippen molar-refractivity contribution in [2.75, 3.05) is 6.54 Å². The van der Waals surface area contributed by atoms with Gasteiger partial charge in [0, 0.05) is 18.9 Å². The largest absolute Gasteiger partial charge is 0.337 e. The highest BCUT2D eigenvalue weighted by atomic mass is 19.3. The highest BCUT2D eigenvalue weighted by Gasteiger charge is 2.41. The van der Waals surface area contributed by atoms with Crippen LogP contribution in [0, 0.1) is 5.92 Å². The molecule has 1 aliphatic carbocycles. The lowest BCUT2D eigenvalue weighted by Gasteiger charge is -2.31. The van der Waals surface area contributed by atoms with Crippen molar-refractivity contribution >= 4 is 6.03 Å². The first-order valence-electron chi connectivity index (χ1n) is 4.68. The van der Waals surface area contributed by atoms with Gasteiger partial charge in [-0.15, -0.1) is 0 Å². The molecule has 82 valence electrons. The number of nitrogens with two attached hydrogens (primary N) is 1. The molecule has 0 aromatic rings. The number of hydrogen-bond donors (Lipinski definition) is 3. The highest BCUT2D eigenvalue weighted by molar-refractivity contribution is 5.72. The van der Waals surface area contributed by atoms with E-state index in [0.717, 1.165) is 6.42 Å². The maximum atomic E-state index is 13.2. The van der Waals surface area contributed by atoms with Crippen LogP contribution in [0.2, 0.25) is 0 Å². The summed E-state index contributed by atoms with van der Waals surface area (Å²) in [5.74, 6) is 1.40. The Bertz CT molecular complexity index is 211. The maximum absolute atomic E-state index is 13.2. The second-order valence-corrected chi connectivity index (χ2v) is 3.56. The van der Waals surface area contributed by atoms with E-state index in [9.17, 15) is 13.6 Å². The van der Waals surface area contributed by atoms with Crippen LogP contribution in [0.15, 0.2) is 0 Å². The van der Waals surface area contributed by atoms with Gasteiger partial charge in [-0.1, -0.05) is 6.42 Å². The van der Waals surface area contributed by atoms with E-state index in [-0.39, 0.29) is 13.0 Å². The fraction of sp³-hybridized carbons (Fsp3) is 0.875. The minimum Gasteiger partial charge on any atom is -0.337 e. The number of amides is 2. The maximum Gasteiger partial charge on any atom is 0.328 e. The molecule has 1 unspecified atom stereocenters. The first kappa shape index (κ1) is 11.2. The summed E-state index contributed by atoms with van der Waals surface area (Å²) in [5, 5.41) is 2.30. The molecule has 2 amide bonds. The van der Waals surface area contributed by atoms with Crippen LogP contribution in [0.25, 0.3) is 0 Å². The number of nitrogens with one attached hydrogen (secondary N) is 2. The van der Waals surface area contributed by atoms with Crippen molar-refractivity contribution in [1.29, 1.82) is 0 Å². The average molecular weight is 207 g/mol. The molecule has 1 aliphatic rings. The Morgan fingerprint density at radius 3 is 2.79 bits per heavy atom. The predicted octanol–water partition coefficient (Wildman–Crippen LogP) is 0.985. The van der Waals surface area contributed by atoms with Crippen LogP contribution < -0.4 is 16.6 Å². The third-order valence-corrected chi connectivity index (χ3v) is 2.55. The Morgan fingerprint density at radius 1 is 1.50 bits per heavy atom. The van der Waals surface area contributed by atoms with Gasteiger partial charge in [0.1, 0.15) is 0 Å². The number of rotatable bonds is 2. The third kappa shape index (κ3) is 2.80. The van der Waals surface area contributed by atoms with Gasteiger partial charge in [0.05, 0.1) is 0 Å². The van der Waals surface area contributed by atoms with E-state index in [1.54, 1.807) is 0 Å².